The van der Waals surface area contributed by atoms with Crippen molar-refractivity contribution in [2.75, 3.05) is 28.4 Å². The van der Waals surface area contributed by atoms with Crippen LogP contribution in [-0.4, -0.2) is 59.3 Å². The normalized spacial score (nSPS) is 12.4. The Bertz CT molecular complexity index is 538. The fourth-order valence-corrected chi connectivity index (χ4v) is 5.03. The molecule has 0 N–H and O–H groups in total. The molecule has 2 aromatic rings. The Kier molecular flexibility index (Phi) is 7.84. The first-order chi connectivity index (χ1) is 11.7. The summed E-state index contributed by atoms with van der Waals surface area (Å²) in [6.07, 6.45) is 0. The molecule has 0 fully saturated rings. The van der Waals surface area contributed by atoms with Gasteiger partial charge in [0.1, 0.15) is 30.9 Å². The van der Waals surface area contributed by atoms with E-state index in [9.17, 15) is 0 Å². The van der Waals surface area contributed by atoms with Crippen LogP contribution in [0.5, 0.6) is 0 Å². The second-order valence-electron chi connectivity index (χ2n) is 5.60. The lowest BCUT2D eigenvalue weighted by Gasteiger charge is -2.14. The molecule has 24 heavy (non-hydrogen) atoms. The van der Waals surface area contributed by atoms with Crippen LogP contribution in [0.2, 0.25) is 0 Å². The van der Waals surface area contributed by atoms with Gasteiger partial charge in [0.05, 0.1) is 0 Å². The first-order valence-corrected chi connectivity index (χ1v) is 11.0. The van der Waals surface area contributed by atoms with E-state index in [0.717, 1.165) is 0 Å². The van der Waals surface area contributed by atoms with Crippen molar-refractivity contribution in [3.8, 4) is 11.1 Å². The molecule has 0 saturated carbocycles. The standard InChI is InChI=1S/C18H26O4Si2/c1-19-17(20-2)23-15-9-5-13(6-10-15)14-7-11-16(12-8-14)24-18(21-3)22-4/h5-12,17-18H,23-24H2,1-4H3. The average Bonchev–Trinajstić information content (AvgIpc) is 2.65. The summed E-state index contributed by atoms with van der Waals surface area (Å²) in [5.41, 5.74) is 2.45. The van der Waals surface area contributed by atoms with Crippen molar-refractivity contribution in [2.24, 2.45) is 0 Å². The molecule has 2 aromatic carbocycles. The Balaban J connectivity index is 2.03. The number of methoxy groups -OCH3 is 4. The van der Waals surface area contributed by atoms with E-state index in [1.54, 1.807) is 28.4 Å². The maximum Gasteiger partial charge on any atom is 0.139 e. The topological polar surface area (TPSA) is 36.9 Å². The highest BCUT2D eigenvalue weighted by atomic mass is 28.2. The molecule has 0 amide bonds. The monoisotopic (exact) mass is 362 g/mol. The number of rotatable bonds is 9. The van der Waals surface area contributed by atoms with Gasteiger partial charge < -0.3 is 18.9 Å². The molecule has 4 nitrogen and oxygen atoms in total. The average molecular weight is 363 g/mol. The van der Waals surface area contributed by atoms with Gasteiger partial charge in [-0.2, -0.15) is 0 Å². The maximum atomic E-state index is 5.30. The highest BCUT2D eigenvalue weighted by molar-refractivity contribution is 6.54. The van der Waals surface area contributed by atoms with Crippen LogP contribution in [0.1, 0.15) is 0 Å². The molecule has 0 aliphatic rings. The fourth-order valence-electron chi connectivity index (χ4n) is 2.58. The number of hydrogen-bond acceptors (Lipinski definition) is 4. The molecule has 0 aliphatic carbocycles. The van der Waals surface area contributed by atoms with Crippen molar-refractivity contribution in [2.45, 2.75) is 11.8 Å². The molecule has 0 bridgehead atoms. The SMILES string of the molecule is COC(OC)[SiH2]c1ccc(-c2ccc([SiH2]C(OC)OC)cc2)cc1. The Morgan fingerprint density at radius 3 is 1.08 bits per heavy atom. The van der Waals surface area contributed by atoms with Crippen LogP contribution in [0.25, 0.3) is 11.1 Å². The quantitative estimate of drug-likeness (QED) is 0.468. The first kappa shape index (κ1) is 19.0. The molecule has 130 valence electrons. The lowest BCUT2D eigenvalue weighted by Crippen LogP contribution is -2.31. The van der Waals surface area contributed by atoms with Crippen molar-refractivity contribution in [1.29, 1.82) is 0 Å². The van der Waals surface area contributed by atoms with E-state index in [0.29, 0.717) is 0 Å². The smallest absolute Gasteiger partial charge is 0.139 e. The summed E-state index contributed by atoms with van der Waals surface area (Å²) >= 11 is 0. The minimum atomic E-state index is -0.585. The van der Waals surface area contributed by atoms with Crippen molar-refractivity contribution < 1.29 is 18.9 Å². The molecule has 2 rings (SSSR count). The van der Waals surface area contributed by atoms with Gasteiger partial charge in [-0.3, -0.25) is 0 Å². The van der Waals surface area contributed by atoms with Crippen LogP contribution in [-0.2, 0) is 18.9 Å². The lowest BCUT2D eigenvalue weighted by molar-refractivity contribution is -0.0430. The zero-order valence-corrected chi connectivity index (χ0v) is 17.6. The molecule has 0 atom stereocenters. The third-order valence-electron chi connectivity index (χ3n) is 4.10. The van der Waals surface area contributed by atoms with Gasteiger partial charge in [0.15, 0.2) is 0 Å². The van der Waals surface area contributed by atoms with E-state index in [2.05, 4.69) is 48.5 Å². The van der Waals surface area contributed by atoms with Crippen LogP contribution in [0.15, 0.2) is 48.5 Å². The summed E-state index contributed by atoms with van der Waals surface area (Å²) in [7, 11) is 5.60. The van der Waals surface area contributed by atoms with Gasteiger partial charge in [-0.25, -0.2) is 0 Å². The van der Waals surface area contributed by atoms with Gasteiger partial charge in [-0.15, -0.1) is 0 Å². The third kappa shape index (κ3) is 5.37. The molecule has 0 saturated heterocycles. The fraction of sp³-hybridized carbons (Fsp3) is 0.333. The maximum absolute atomic E-state index is 5.30. The minimum absolute atomic E-state index is 0.0605. The Hall–Kier alpha value is -1.29. The van der Waals surface area contributed by atoms with Crippen molar-refractivity contribution in [3.05, 3.63) is 48.5 Å². The Morgan fingerprint density at radius 1 is 0.542 bits per heavy atom. The minimum Gasteiger partial charge on any atom is -0.360 e. The summed E-state index contributed by atoms with van der Waals surface area (Å²) in [6.45, 7) is 0. The number of benzene rings is 2. The van der Waals surface area contributed by atoms with E-state index in [1.165, 1.54) is 21.5 Å². The summed E-state index contributed by atoms with van der Waals surface area (Å²) in [5, 5.41) is 2.67. The molecule has 0 aliphatic heterocycles. The highest BCUT2D eigenvalue weighted by Crippen LogP contribution is 2.16. The molecular weight excluding hydrogens is 336 g/mol. The van der Waals surface area contributed by atoms with Gasteiger partial charge in [0.2, 0.25) is 0 Å². The zero-order valence-electron chi connectivity index (χ0n) is 14.8. The van der Waals surface area contributed by atoms with Gasteiger partial charge >= 0.3 is 0 Å². The van der Waals surface area contributed by atoms with E-state index >= 15 is 0 Å². The Morgan fingerprint density at radius 2 is 0.833 bits per heavy atom. The van der Waals surface area contributed by atoms with E-state index < -0.39 is 19.0 Å². The third-order valence-corrected chi connectivity index (χ3v) is 7.98. The van der Waals surface area contributed by atoms with Crippen LogP contribution in [0.4, 0.5) is 0 Å². The van der Waals surface area contributed by atoms with Gasteiger partial charge in [-0.05, 0) is 11.1 Å². The van der Waals surface area contributed by atoms with Gasteiger partial charge in [0, 0.05) is 28.4 Å². The Labute approximate surface area is 148 Å². The summed E-state index contributed by atoms with van der Waals surface area (Å²) in [6, 6.07) is 17.4. The zero-order chi connectivity index (χ0) is 17.4. The van der Waals surface area contributed by atoms with Gasteiger partial charge in [0.25, 0.3) is 0 Å². The van der Waals surface area contributed by atoms with Gasteiger partial charge in [-0.1, -0.05) is 58.9 Å². The molecular formula is C18H26O4Si2. The van der Waals surface area contributed by atoms with Crippen LogP contribution >= 0.6 is 0 Å². The largest absolute Gasteiger partial charge is 0.360 e. The first-order valence-electron chi connectivity index (χ1n) is 7.99. The number of hydrogen-bond donors (Lipinski definition) is 0. The molecule has 0 heterocycles. The molecule has 0 radical (unpaired) electrons. The van der Waals surface area contributed by atoms with Crippen LogP contribution < -0.4 is 10.4 Å². The summed E-state index contributed by atoms with van der Waals surface area (Å²) in [5.74, 6) is -0.121. The van der Waals surface area contributed by atoms with E-state index in [-0.39, 0.29) is 11.8 Å². The van der Waals surface area contributed by atoms with Crippen molar-refractivity contribution in [3.63, 3.8) is 0 Å². The lowest BCUT2D eigenvalue weighted by atomic mass is 10.1. The summed E-state index contributed by atoms with van der Waals surface area (Å²) < 4.78 is 21.2. The molecule has 0 unspecified atom stereocenters. The van der Waals surface area contributed by atoms with Crippen LogP contribution in [0.3, 0.4) is 0 Å². The van der Waals surface area contributed by atoms with Crippen molar-refractivity contribution >= 4 is 29.4 Å². The second-order valence-corrected chi connectivity index (χ2v) is 9.39. The van der Waals surface area contributed by atoms with E-state index in [4.69, 9.17) is 18.9 Å². The predicted molar refractivity (Wildman–Crippen MR) is 104 cm³/mol. The predicted octanol–water partition coefficient (Wildman–Crippen LogP) is 0.0946. The van der Waals surface area contributed by atoms with Crippen LogP contribution in [0, 0.1) is 0 Å². The van der Waals surface area contributed by atoms with E-state index in [1.807, 2.05) is 0 Å². The molecule has 0 aromatic heterocycles. The van der Waals surface area contributed by atoms with Crippen molar-refractivity contribution in [1.82, 2.24) is 0 Å². The summed E-state index contributed by atoms with van der Waals surface area (Å²) in [4.78, 5) is 0. The highest BCUT2D eigenvalue weighted by Gasteiger charge is 2.09. The molecule has 6 heteroatoms. The molecule has 0 spiro atoms. The number of ether oxygens (including phenoxy) is 4. The second kappa shape index (κ2) is 9.88.